The van der Waals surface area contributed by atoms with Crippen molar-refractivity contribution in [2.45, 2.75) is 18.9 Å². The molecule has 118 valence electrons. The molecule has 1 aromatic heterocycles. The summed E-state index contributed by atoms with van der Waals surface area (Å²) >= 11 is 6.20. The first-order chi connectivity index (χ1) is 11.0. The van der Waals surface area contributed by atoms with Gasteiger partial charge in [-0.25, -0.2) is 0 Å². The summed E-state index contributed by atoms with van der Waals surface area (Å²) in [6, 6.07) is 13.5. The summed E-state index contributed by atoms with van der Waals surface area (Å²) in [7, 11) is 2.13. The second-order valence-corrected chi connectivity index (χ2v) is 6.90. The summed E-state index contributed by atoms with van der Waals surface area (Å²) in [5.74, 6) is 0.295. The molecule has 1 unspecified atom stereocenters. The predicted molar refractivity (Wildman–Crippen MR) is 94.2 cm³/mol. The van der Waals surface area contributed by atoms with Gasteiger partial charge in [-0.1, -0.05) is 23.7 Å². The Kier molecular flexibility index (Phi) is 3.19. The Morgan fingerprint density at radius 3 is 2.83 bits per heavy atom. The van der Waals surface area contributed by atoms with E-state index in [1.54, 1.807) is 6.07 Å². The Labute approximate surface area is 140 Å². The topological polar surface area (TPSA) is 39.3 Å². The lowest BCUT2D eigenvalue weighted by atomic mass is 9.81. The molecule has 0 radical (unpaired) electrons. The largest absolute Gasteiger partial charge is 0.508 e. The third-order valence-electron chi connectivity index (χ3n) is 5.22. The fourth-order valence-electron chi connectivity index (χ4n) is 3.76. The number of aromatic nitrogens is 1. The Hall–Kier alpha value is -1.97. The van der Waals surface area contributed by atoms with Gasteiger partial charge in [0, 0.05) is 28.2 Å². The summed E-state index contributed by atoms with van der Waals surface area (Å²) in [6.45, 7) is 3.16. The summed E-state index contributed by atoms with van der Waals surface area (Å²) in [4.78, 5) is 5.93. The maximum atomic E-state index is 9.92. The molecule has 2 N–H and O–H groups in total. The highest BCUT2D eigenvalue weighted by atomic mass is 35.5. The Balaban J connectivity index is 2.01. The summed E-state index contributed by atoms with van der Waals surface area (Å²) in [6.07, 6.45) is 0.987. The van der Waals surface area contributed by atoms with E-state index in [4.69, 9.17) is 11.6 Å². The molecular weight excluding hydrogens is 308 g/mol. The van der Waals surface area contributed by atoms with Crippen LogP contribution in [-0.2, 0) is 12.0 Å². The van der Waals surface area contributed by atoms with Crippen LogP contribution in [0.4, 0.5) is 0 Å². The Bertz CT molecular complexity index is 902. The number of hydrogen-bond acceptors (Lipinski definition) is 2. The molecule has 4 rings (SSSR count). The summed E-state index contributed by atoms with van der Waals surface area (Å²) in [5, 5.41) is 11.9. The average molecular weight is 327 g/mol. The molecule has 0 fully saturated rings. The number of rotatable bonds is 1. The van der Waals surface area contributed by atoms with Crippen molar-refractivity contribution in [2.24, 2.45) is 0 Å². The first-order valence-corrected chi connectivity index (χ1v) is 8.19. The minimum Gasteiger partial charge on any atom is -0.508 e. The van der Waals surface area contributed by atoms with Crippen molar-refractivity contribution in [1.29, 1.82) is 0 Å². The lowest BCUT2D eigenvalue weighted by molar-refractivity contribution is 0.161. The van der Waals surface area contributed by atoms with Gasteiger partial charge in [0.15, 0.2) is 0 Å². The number of nitrogens with zero attached hydrogens (tertiary/aromatic N) is 1. The van der Waals surface area contributed by atoms with Gasteiger partial charge >= 0.3 is 0 Å². The highest BCUT2D eigenvalue weighted by molar-refractivity contribution is 6.31. The van der Waals surface area contributed by atoms with Crippen LogP contribution in [-0.4, -0.2) is 28.6 Å². The first-order valence-electron chi connectivity index (χ1n) is 7.81. The van der Waals surface area contributed by atoms with Crippen LogP contribution in [0.25, 0.3) is 10.9 Å². The molecular formula is C19H19ClN2O. The van der Waals surface area contributed by atoms with Gasteiger partial charge in [0.2, 0.25) is 0 Å². The van der Waals surface area contributed by atoms with Crippen LogP contribution >= 0.6 is 11.6 Å². The number of aromatic amines is 1. The number of phenolic OH excluding ortho intramolecular Hbond substituents is 1. The van der Waals surface area contributed by atoms with Crippen molar-refractivity contribution >= 4 is 22.5 Å². The van der Waals surface area contributed by atoms with Gasteiger partial charge < -0.3 is 10.1 Å². The van der Waals surface area contributed by atoms with E-state index in [1.807, 2.05) is 30.3 Å². The molecule has 1 aliphatic rings. The molecule has 3 aromatic rings. The third-order valence-corrected chi connectivity index (χ3v) is 5.46. The molecule has 0 bridgehead atoms. The molecule has 2 heterocycles. The van der Waals surface area contributed by atoms with Crippen LogP contribution in [0.1, 0.15) is 23.7 Å². The molecule has 2 aromatic carbocycles. The zero-order valence-electron chi connectivity index (χ0n) is 13.2. The van der Waals surface area contributed by atoms with Crippen molar-refractivity contribution in [3.05, 3.63) is 64.3 Å². The lowest BCUT2D eigenvalue weighted by Crippen LogP contribution is -2.47. The molecule has 0 spiro atoms. The second kappa shape index (κ2) is 5.02. The number of benzene rings is 2. The highest BCUT2D eigenvalue weighted by Gasteiger charge is 2.40. The van der Waals surface area contributed by atoms with Crippen molar-refractivity contribution in [1.82, 2.24) is 9.88 Å². The fraction of sp³-hybridized carbons (Fsp3) is 0.263. The molecule has 0 saturated carbocycles. The molecule has 0 amide bonds. The minimum absolute atomic E-state index is 0.295. The van der Waals surface area contributed by atoms with E-state index in [1.165, 1.54) is 16.6 Å². The van der Waals surface area contributed by atoms with Gasteiger partial charge in [-0.15, -0.1) is 0 Å². The number of likely N-dealkylation sites (N-methyl/N-ethyl adjacent to an activating group) is 1. The van der Waals surface area contributed by atoms with Crippen LogP contribution in [0.2, 0.25) is 5.02 Å². The van der Waals surface area contributed by atoms with Gasteiger partial charge in [-0.3, -0.25) is 4.90 Å². The molecule has 3 nitrogen and oxygen atoms in total. The van der Waals surface area contributed by atoms with Crippen molar-refractivity contribution in [2.75, 3.05) is 13.6 Å². The highest BCUT2D eigenvalue weighted by Crippen LogP contribution is 2.43. The fourth-order valence-corrected chi connectivity index (χ4v) is 3.93. The monoisotopic (exact) mass is 326 g/mol. The normalized spacial score (nSPS) is 21.5. The molecule has 0 saturated heterocycles. The van der Waals surface area contributed by atoms with Crippen LogP contribution in [0, 0.1) is 0 Å². The first kappa shape index (κ1) is 14.6. The zero-order valence-corrected chi connectivity index (χ0v) is 14.0. The van der Waals surface area contributed by atoms with E-state index in [0.29, 0.717) is 5.75 Å². The van der Waals surface area contributed by atoms with Crippen LogP contribution in [0.15, 0.2) is 42.5 Å². The van der Waals surface area contributed by atoms with Crippen molar-refractivity contribution in [3.63, 3.8) is 0 Å². The number of nitrogens with one attached hydrogen (secondary N) is 1. The summed E-state index contributed by atoms with van der Waals surface area (Å²) < 4.78 is 0. The number of aromatic hydroxyl groups is 1. The van der Waals surface area contributed by atoms with E-state index in [0.717, 1.165) is 29.1 Å². The van der Waals surface area contributed by atoms with Gasteiger partial charge in [0.05, 0.1) is 5.54 Å². The SMILES string of the molecule is CN1CCc2c([nH]c3ccc(Cl)cc23)C1(C)c1cccc(O)c1. The van der Waals surface area contributed by atoms with Gasteiger partial charge in [0.25, 0.3) is 0 Å². The Morgan fingerprint density at radius 2 is 2.04 bits per heavy atom. The van der Waals surface area contributed by atoms with Crippen molar-refractivity contribution in [3.8, 4) is 5.75 Å². The number of phenols is 1. The standard InChI is InChI=1S/C19H19ClN2O/c1-19(12-4-3-5-14(23)10-12)18-15(8-9-22(19)2)16-11-13(20)6-7-17(16)21-18/h3-7,10-11,21,23H,8-9H2,1-2H3. The number of fused-ring (bicyclic) bond motifs is 3. The zero-order chi connectivity index (χ0) is 16.2. The molecule has 1 atom stereocenters. The predicted octanol–water partition coefficient (Wildman–Crippen LogP) is 4.28. The maximum absolute atomic E-state index is 9.92. The van der Waals surface area contributed by atoms with Gasteiger partial charge in [-0.05, 0) is 61.9 Å². The minimum atomic E-state index is -0.308. The molecule has 0 aliphatic carbocycles. The average Bonchev–Trinajstić information content (AvgIpc) is 2.90. The van der Waals surface area contributed by atoms with Crippen LogP contribution < -0.4 is 0 Å². The smallest absolute Gasteiger partial charge is 0.115 e. The third kappa shape index (κ3) is 2.07. The second-order valence-electron chi connectivity index (χ2n) is 6.46. The molecule has 4 heteroatoms. The lowest BCUT2D eigenvalue weighted by Gasteiger charge is -2.43. The van der Waals surface area contributed by atoms with E-state index in [-0.39, 0.29) is 5.54 Å². The van der Waals surface area contributed by atoms with Crippen LogP contribution in [0.3, 0.4) is 0 Å². The summed E-state index contributed by atoms with van der Waals surface area (Å²) in [5.41, 5.74) is 4.40. The maximum Gasteiger partial charge on any atom is 0.115 e. The van der Waals surface area contributed by atoms with Crippen LogP contribution in [0.5, 0.6) is 5.75 Å². The van der Waals surface area contributed by atoms with Crippen molar-refractivity contribution < 1.29 is 5.11 Å². The number of halogens is 1. The van der Waals surface area contributed by atoms with E-state index < -0.39 is 0 Å². The van der Waals surface area contributed by atoms with Gasteiger partial charge in [0.1, 0.15) is 5.75 Å². The quantitative estimate of drug-likeness (QED) is 0.700. The van der Waals surface area contributed by atoms with Gasteiger partial charge in [-0.2, -0.15) is 0 Å². The number of H-pyrrole nitrogens is 1. The molecule has 1 aliphatic heterocycles. The number of hydrogen-bond donors (Lipinski definition) is 2. The van der Waals surface area contributed by atoms with E-state index in [9.17, 15) is 5.11 Å². The van der Waals surface area contributed by atoms with E-state index in [2.05, 4.69) is 29.9 Å². The van der Waals surface area contributed by atoms with E-state index >= 15 is 0 Å². The molecule has 23 heavy (non-hydrogen) atoms. The Morgan fingerprint density at radius 1 is 1.22 bits per heavy atom.